The molecule has 0 radical (unpaired) electrons. The van der Waals surface area contributed by atoms with Crippen molar-refractivity contribution < 1.29 is 14.6 Å². The Morgan fingerprint density at radius 1 is 1.32 bits per heavy atom. The summed E-state index contributed by atoms with van der Waals surface area (Å²) in [7, 11) is 1.65. The molecule has 148 valence electrons. The number of aromatic nitrogens is 3. The number of hydrogen-bond acceptors (Lipinski definition) is 7. The Hall–Kier alpha value is -2.91. The summed E-state index contributed by atoms with van der Waals surface area (Å²) in [5.41, 5.74) is 3.13. The molecule has 0 unspecified atom stereocenters. The molecule has 28 heavy (non-hydrogen) atoms. The van der Waals surface area contributed by atoms with E-state index in [1.165, 1.54) is 17.5 Å². The number of carbonyl (C=O) groups is 1. The number of anilines is 3. The van der Waals surface area contributed by atoms with Gasteiger partial charge in [0.15, 0.2) is 10.9 Å². The number of hydrogen-bond donors (Lipinski definition) is 3. The van der Waals surface area contributed by atoms with Gasteiger partial charge in [-0.25, -0.2) is 4.98 Å². The maximum Gasteiger partial charge on any atom is 0.267 e. The molecule has 2 aromatic heterocycles. The van der Waals surface area contributed by atoms with Gasteiger partial charge in [-0.1, -0.05) is 17.4 Å². The lowest BCUT2D eigenvalue weighted by atomic mass is 10.1. The molecular weight excluding hydrogens is 378 g/mol. The monoisotopic (exact) mass is 401 g/mol. The fourth-order valence-corrected chi connectivity index (χ4v) is 3.44. The highest BCUT2D eigenvalue weighted by atomic mass is 32.1. The molecule has 0 aliphatic heterocycles. The lowest BCUT2D eigenvalue weighted by molar-refractivity contribution is 0.103. The number of phenolic OH excluding ortho intramolecular Hbond substituents is 1. The number of aromatic hydroxyl groups is 1. The van der Waals surface area contributed by atoms with E-state index in [9.17, 15) is 9.90 Å². The molecule has 9 heteroatoms. The van der Waals surface area contributed by atoms with Gasteiger partial charge >= 0.3 is 0 Å². The van der Waals surface area contributed by atoms with Crippen LogP contribution in [0.1, 0.15) is 26.5 Å². The minimum absolute atomic E-state index is 0.145. The van der Waals surface area contributed by atoms with Crippen molar-refractivity contribution >= 4 is 33.9 Å². The maximum atomic E-state index is 12.6. The number of aryl methyl sites for hydroxylation is 2. The second-order valence-corrected chi connectivity index (χ2v) is 7.43. The zero-order valence-corrected chi connectivity index (χ0v) is 17.1. The molecule has 0 bridgehead atoms. The Morgan fingerprint density at radius 3 is 2.86 bits per heavy atom. The first-order valence-electron chi connectivity index (χ1n) is 8.75. The van der Waals surface area contributed by atoms with E-state index in [2.05, 4.69) is 20.7 Å². The van der Waals surface area contributed by atoms with Gasteiger partial charge in [0.25, 0.3) is 5.91 Å². The highest BCUT2D eigenvalue weighted by molar-refractivity contribution is 7.17. The first-order valence-corrected chi connectivity index (χ1v) is 9.57. The first-order chi connectivity index (χ1) is 13.4. The van der Waals surface area contributed by atoms with E-state index in [1.54, 1.807) is 26.2 Å². The molecule has 0 atom stereocenters. The van der Waals surface area contributed by atoms with Crippen LogP contribution in [0.15, 0.2) is 24.4 Å². The molecule has 3 rings (SSSR count). The van der Waals surface area contributed by atoms with E-state index >= 15 is 0 Å². The van der Waals surface area contributed by atoms with E-state index in [0.29, 0.717) is 40.2 Å². The number of rotatable bonds is 7. The van der Waals surface area contributed by atoms with Crippen LogP contribution in [-0.2, 0) is 11.3 Å². The van der Waals surface area contributed by atoms with Crippen molar-refractivity contribution in [2.45, 2.75) is 27.3 Å². The summed E-state index contributed by atoms with van der Waals surface area (Å²) in [5, 5.41) is 20.9. The van der Waals surface area contributed by atoms with Gasteiger partial charge in [-0.2, -0.15) is 5.10 Å². The average Bonchev–Trinajstić information content (AvgIpc) is 3.27. The molecule has 0 saturated heterocycles. The summed E-state index contributed by atoms with van der Waals surface area (Å²) < 4.78 is 6.93. The topological polar surface area (TPSA) is 101 Å². The summed E-state index contributed by atoms with van der Waals surface area (Å²) >= 11 is 1.23. The molecule has 0 aliphatic carbocycles. The number of thiazole rings is 1. The number of methoxy groups -OCH3 is 1. The number of ether oxygens (including phenoxy) is 1. The number of nitrogens with one attached hydrogen (secondary N) is 2. The van der Waals surface area contributed by atoms with Gasteiger partial charge in [0.05, 0.1) is 25.0 Å². The number of phenols is 1. The van der Waals surface area contributed by atoms with Crippen molar-refractivity contribution in [3.63, 3.8) is 0 Å². The fraction of sp³-hybridized carbons (Fsp3) is 0.316. The maximum absolute atomic E-state index is 12.6. The SMILES string of the molecule is COCCn1nc(Nc2ncc(C(=O)Nc3c(C)ccc(O)c3C)s2)cc1C. The molecule has 2 heterocycles. The molecule has 3 N–H and O–H groups in total. The van der Waals surface area contributed by atoms with Gasteiger partial charge in [-0.05, 0) is 32.4 Å². The third-order valence-corrected chi connectivity index (χ3v) is 5.25. The van der Waals surface area contributed by atoms with Gasteiger partial charge in [-0.3, -0.25) is 9.48 Å². The Kier molecular flexibility index (Phi) is 5.96. The van der Waals surface area contributed by atoms with Crippen LogP contribution in [0.25, 0.3) is 0 Å². The van der Waals surface area contributed by atoms with Crippen LogP contribution in [0.3, 0.4) is 0 Å². The fourth-order valence-electron chi connectivity index (χ4n) is 2.73. The second kappa shape index (κ2) is 8.41. The number of amides is 1. The zero-order valence-electron chi connectivity index (χ0n) is 16.2. The van der Waals surface area contributed by atoms with Crippen molar-refractivity contribution in [1.82, 2.24) is 14.8 Å². The normalized spacial score (nSPS) is 10.9. The van der Waals surface area contributed by atoms with E-state index < -0.39 is 0 Å². The summed E-state index contributed by atoms with van der Waals surface area (Å²) in [6.07, 6.45) is 1.52. The number of carbonyl (C=O) groups excluding carboxylic acids is 1. The largest absolute Gasteiger partial charge is 0.508 e. The van der Waals surface area contributed by atoms with Crippen LogP contribution in [0.5, 0.6) is 5.75 Å². The highest BCUT2D eigenvalue weighted by Gasteiger charge is 2.15. The molecule has 0 saturated carbocycles. The molecule has 1 amide bonds. The predicted octanol–water partition coefficient (Wildman–Crippen LogP) is 3.61. The van der Waals surface area contributed by atoms with E-state index in [-0.39, 0.29) is 11.7 Å². The highest BCUT2D eigenvalue weighted by Crippen LogP contribution is 2.29. The van der Waals surface area contributed by atoms with Crippen LogP contribution >= 0.6 is 11.3 Å². The summed E-state index contributed by atoms with van der Waals surface area (Å²) in [4.78, 5) is 17.3. The lowest BCUT2D eigenvalue weighted by Gasteiger charge is -2.11. The molecular formula is C19H23N5O3S. The molecule has 1 aromatic carbocycles. The second-order valence-electron chi connectivity index (χ2n) is 6.40. The van der Waals surface area contributed by atoms with Crippen LogP contribution < -0.4 is 10.6 Å². The smallest absolute Gasteiger partial charge is 0.267 e. The summed E-state index contributed by atoms with van der Waals surface area (Å²) in [6, 6.07) is 5.29. The molecule has 0 aliphatic rings. The van der Waals surface area contributed by atoms with Crippen molar-refractivity contribution in [2.24, 2.45) is 0 Å². The van der Waals surface area contributed by atoms with E-state index in [4.69, 9.17) is 4.74 Å². The quantitative estimate of drug-likeness (QED) is 0.559. The standard InChI is InChI=1S/C19H23N5O3S/c1-11-5-6-14(25)13(3)17(11)22-18(26)15-10-20-19(28-15)21-16-9-12(2)24(23-16)7-8-27-4/h5-6,9-10,25H,7-8H2,1-4H3,(H,22,26)(H,20,21,23). The Morgan fingerprint density at radius 2 is 2.11 bits per heavy atom. The van der Waals surface area contributed by atoms with Gasteiger partial charge in [0, 0.05) is 24.4 Å². The third-order valence-electron chi connectivity index (χ3n) is 4.34. The Balaban J connectivity index is 1.70. The molecule has 3 aromatic rings. The van der Waals surface area contributed by atoms with Gasteiger partial charge < -0.3 is 20.5 Å². The lowest BCUT2D eigenvalue weighted by Crippen LogP contribution is -2.12. The van der Waals surface area contributed by atoms with Gasteiger partial charge in [-0.15, -0.1) is 0 Å². The van der Waals surface area contributed by atoms with E-state index in [1.807, 2.05) is 24.6 Å². The zero-order chi connectivity index (χ0) is 20.3. The van der Waals surface area contributed by atoms with Crippen LogP contribution in [0.2, 0.25) is 0 Å². The molecule has 0 fully saturated rings. The van der Waals surface area contributed by atoms with Crippen molar-refractivity contribution in [3.05, 3.63) is 46.1 Å². The van der Waals surface area contributed by atoms with Crippen molar-refractivity contribution in [3.8, 4) is 5.75 Å². The molecule has 8 nitrogen and oxygen atoms in total. The van der Waals surface area contributed by atoms with Crippen LogP contribution in [-0.4, -0.2) is 39.5 Å². The summed E-state index contributed by atoms with van der Waals surface area (Å²) in [6.45, 7) is 6.86. The average molecular weight is 401 g/mol. The number of benzene rings is 1. The first kappa shape index (κ1) is 19.8. The minimum Gasteiger partial charge on any atom is -0.508 e. The Labute approximate surface area is 167 Å². The van der Waals surface area contributed by atoms with E-state index in [0.717, 1.165) is 11.3 Å². The predicted molar refractivity (Wildman–Crippen MR) is 110 cm³/mol. The number of nitrogens with zero attached hydrogens (tertiary/aromatic N) is 3. The van der Waals surface area contributed by atoms with Crippen molar-refractivity contribution in [1.29, 1.82) is 0 Å². The van der Waals surface area contributed by atoms with Crippen LogP contribution in [0.4, 0.5) is 16.6 Å². The minimum atomic E-state index is -0.274. The Bertz CT molecular complexity index is 996. The van der Waals surface area contributed by atoms with Crippen LogP contribution in [0, 0.1) is 20.8 Å². The van der Waals surface area contributed by atoms with Crippen molar-refractivity contribution in [2.75, 3.05) is 24.4 Å². The summed E-state index contributed by atoms with van der Waals surface area (Å²) in [5.74, 6) is 0.533. The third kappa shape index (κ3) is 4.32. The molecule has 0 spiro atoms. The van der Waals surface area contributed by atoms with Gasteiger partial charge in [0.2, 0.25) is 0 Å². The van der Waals surface area contributed by atoms with Gasteiger partial charge in [0.1, 0.15) is 10.6 Å².